The largest absolute Gasteiger partial charge is 0.366 e. The van der Waals surface area contributed by atoms with Crippen molar-refractivity contribution in [3.63, 3.8) is 0 Å². The first-order valence-electron chi connectivity index (χ1n) is 7.32. The van der Waals surface area contributed by atoms with Crippen molar-refractivity contribution < 1.29 is 0 Å². The monoisotopic (exact) mass is 331 g/mol. The van der Waals surface area contributed by atoms with E-state index in [0.29, 0.717) is 0 Å². The van der Waals surface area contributed by atoms with Crippen molar-refractivity contribution in [2.75, 3.05) is 18.5 Å². The summed E-state index contributed by atoms with van der Waals surface area (Å²) in [5.41, 5.74) is 0. The van der Waals surface area contributed by atoms with E-state index in [1.54, 1.807) is 0 Å². The Morgan fingerprint density at radius 3 is 1.39 bits per heavy atom. The maximum Gasteiger partial charge on any atom is 0.201 e. The van der Waals surface area contributed by atoms with Crippen LogP contribution in [0.2, 0.25) is 0 Å². The van der Waals surface area contributed by atoms with E-state index in [0.717, 1.165) is 0 Å². The average molecular weight is 333 g/mol. The minimum atomic E-state index is -1.19. The lowest BCUT2D eigenvalue weighted by Crippen LogP contribution is -2.27. The van der Waals surface area contributed by atoms with Gasteiger partial charge in [0, 0.05) is 23.2 Å². The second kappa shape index (κ2) is 11.1. The molecule has 0 aromatic carbocycles. The van der Waals surface area contributed by atoms with Crippen LogP contribution in [0.5, 0.6) is 0 Å². The van der Waals surface area contributed by atoms with Gasteiger partial charge < -0.3 is 11.5 Å². The van der Waals surface area contributed by atoms with Crippen LogP contribution in [-0.4, -0.2) is 29.1 Å². The van der Waals surface area contributed by atoms with Crippen LogP contribution in [0.25, 0.3) is 0 Å². The smallest absolute Gasteiger partial charge is 0.201 e. The van der Waals surface area contributed by atoms with Crippen molar-refractivity contribution in [2.24, 2.45) is 0 Å². The highest BCUT2D eigenvalue weighted by Crippen LogP contribution is 2.65. The molecule has 0 aromatic rings. The Morgan fingerprint density at radius 1 is 0.833 bits per heavy atom. The lowest BCUT2D eigenvalue weighted by atomic mass is 10.2. The van der Waals surface area contributed by atoms with Gasteiger partial charge in [-0.15, -0.1) is 23.2 Å². The van der Waals surface area contributed by atoms with Gasteiger partial charge >= 0.3 is 0 Å². The molecule has 0 nitrogen and oxygen atoms in total. The van der Waals surface area contributed by atoms with Crippen molar-refractivity contribution >= 4 is 47.7 Å². The standard InChI is InChI=1S/C13H28BCl3P/c1-4-7-10-18(11-8-5-2,12-9-6-3)14(17)13(15)16/h13H,4-12H2,1-3H3. The topological polar surface area (TPSA) is 0 Å². The Hall–Kier alpha value is 1.36. The molecule has 0 spiro atoms. The molecule has 0 bridgehead atoms. The van der Waals surface area contributed by atoms with E-state index in [-0.39, 0.29) is 5.85 Å². The Balaban J connectivity index is 4.84. The maximum absolute atomic E-state index is 6.63. The van der Waals surface area contributed by atoms with Crippen LogP contribution in [0, 0.1) is 0 Å². The summed E-state index contributed by atoms with van der Waals surface area (Å²) >= 11 is 18.9. The Morgan fingerprint density at radius 2 is 1.17 bits per heavy atom. The normalized spacial score (nSPS) is 12.7. The highest BCUT2D eigenvalue weighted by molar-refractivity contribution is 8.10. The summed E-state index contributed by atoms with van der Waals surface area (Å²) in [6, 6.07) is 0. The Labute approximate surface area is 130 Å². The first kappa shape index (κ1) is 19.4. The Kier molecular flexibility index (Phi) is 11.9. The third kappa shape index (κ3) is 6.69. The van der Waals surface area contributed by atoms with Crippen LogP contribution in [0.1, 0.15) is 59.3 Å². The number of hydrogen-bond donors (Lipinski definition) is 0. The summed E-state index contributed by atoms with van der Waals surface area (Å²) in [7, 11) is -1.19. The van der Waals surface area contributed by atoms with Gasteiger partial charge in [0.2, 0.25) is 5.85 Å². The van der Waals surface area contributed by atoms with Crippen LogP contribution < -0.4 is 0 Å². The van der Waals surface area contributed by atoms with Crippen LogP contribution in [0.3, 0.4) is 0 Å². The van der Waals surface area contributed by atoms with E-state index < -0.39 is 11.9 Å². The van der Waals surface area contributed by atoms with Gasteiger partial charge in [0.1, 0.15) is 0 Å². The number of alkyl halides is 2. The third-order valence-electron chi connectivity index (χ3n) is 3.60. The molecule has 0 N–H and O–H groups in total. The van der Waals surface area contributed by atoms with Crippen LogP contribution >= 0.6 is 41.8 Å². The van der Waals surface area contributed by atoms with E-state index in [1.807, 2.05) is 0 Å². The van der Waals surface area contributed by atoms with E-state index in [2.05, 4.69) is 20.8 Å². The molecule has 0 amide bonds. The molecule has 0 heterocycles. The third-order valence-corrected chi connectivity index (χ3v) is 11.2. The molecule has 0 aliphatic carbocycles. The Bertz CT molecular complexity index is 181. The molecule has 1 radical (unpaired) electrons. The van der Waals surface area contributed by atoms with Crippen LogP contribution in [0.15, 0.2) is 0 Å². The first-order chi connectivity index (χ1) is 8.54. The zero-order valence-corrected chi connectivity index (χ0v) is 15.3. The highest BCUT2D eigenvalue weighted by Gasteiger charge is 2.37. The van der Waals surface area contributed by atoms with E-state index in [9.17, 15) is 0 Å². The van der Waals surface area contributed by atoms with Gasteiger partial charge in [0.05, 0.1) is 0 Å². The van der Waals surface area contributed by atoms with Crippen LogP contribution in [-0.2, 0) is 0 Å². The molecule has 0 aliphatic rings. The van der Waals surface area contributed by atoms with Crippen molar-refractivity contribution in [2.45, 2.75) is 64.0 Å². The molecular formula is C13H28BCl3P. The van der Waals surface area contributed by atoms with E-state index in [4.69, 9.17) is 34.7 Å². The molecule has 0 rings (SSSR count). The zero-order chi connectivity index (χ0) is 14.0. The SMILES string of the molecule is CCCC[P+](CCCC)(CCCC)[B-](Cl)C(Cl)Cl. The lowest BCUT2D eigenvalue weighted by Gasteiger charge is -2.41. The number of hydrogen-bond acceptors (Lipinski definition) is 0. The number of halogens is 3. The molecule has 0 aromatic heterocycles. The fraction of sp³-hybridized carbons (Fsp3) is 1.00. The van der Waals surface area contributed by atoms with Gasteiger partial charge in [-0.3, -0.25) is 0 Å². The molecule has 0 saturated carbocycles. The second-order valence-corrected chi connectivity index (χ2v) is 11.4. The predicted octanol–water partition coefficient (Wildman–Crippen LogP) is 6.47. The summed E-state index contributed by atoms with van der Waals surface area (Å²) < 4.78 is -0.412. The van der Waals surface area contributed by atoms with Crippen molar-refractivity contribution in [3.05, 3.63) is 0 Å². The van der Waals surface area contributed by atoms with Gasteiger partial charge in [-0.25, -0.2) is 0 Å². The zero-order valence-electron chi connectivity index (χ0n) is 12.1. The average Bonchev–Trinajstić information content (AvgIpc) is 2.37. The predicted molar refractivity (Wildman–Crippen MR) is 93.3 cm³/mol. The molecule has 0 aliphatic heterocycles. The van der Waals surface area contributed by atoms with Gasteiger partial charge in [-0.1, -0.05) is 40.0 Å². The fourth-order valence-electron chi connectivity index (χ4n) is 2.36. The lowest BCUT2D eigenvalue weighted by molar-refractivity contribution is 0.843. The molecule has 0 fully saturated rings. The van der Waals surface area contributed by atoms with E-state index in [1.165, 1.54) is 57.0 Å². The van der Waals surface area contributed by atoms with Gasteiger partial charge in [0.15, 0.2) is 0 Å². The second-order valence-electron chi connectivity index (χ2n) is 5.16. The first-order valence-corrected chi connectivity index (χ1v) is 11.0. The molecule has 0 saturated heterocycles. The van der Waals surface area contributed by atoms with Gasteiger partial charge in [-0.05, 0) is 19.3 Å². The summed E-state index contributed by atoms with van der Waals surface area (Å²) in [6.07, 6.45) is 11.3. The van der Waals surface area contributed by atoms with Crippen molar-refractivity contribution in [3.8, 4) is 0 Å². The van der Waals surface area contributed by atoms with Crippen molar-refractivity contribution in [1.29, 1.82) is 0 Å². The fourth-order valence-corrected chi connectivity index (χ4v) is 9.40. The minimum absolute atomic E-state index is 0.00881. The van der Waals surface area contributed by atoms with Crippen LogP contribution in [0.4, 0.5) is 0 Å². The van der Waals surface area contributed by atoms with Crippen molar-refractivity contribution in [1.82, 2.24) is 0 Å². The minimum Gasteiger partial charge on any atom is -0.366 e. The molecule has 5 heteroatoms. The summed E-state index contributed by atoms with van der Waals surface area (Å²) in [6.45, 7) is 6.74. The number of unbranched alkanes of at least 4 members (excludes halogenated alkanes) is 3. The van der Waals surface area contributed by atoms with Gasteiger partial charge in [-0.2, -0.15) is 7.14 Å². The molecular weight excluding hydrogens is 304 g/mol. The maximum atomic E-state index is 6.63. The van der Waals surface area contributed by atoms with E-state index >= 15 is 0 Å². The number of rotatable bonds is 11. The molecule has 18 heavy (non-hydrogen) atoms. The molecule has 0 atom stereocenters. The highest BCUT2D eigenvalue weighted by atomic mass is 35.5. The summed E-state index contributed by atoms with van der Waals surface area (Å²) in [4.78, 5) is 0. The quantitative estimate of drug-likeness (QED) is 0.231. The summed E-state index contributed by atoms with van der Waals surface area (Å²) in [5, 5.41) is 0. The van der Waals surface area contributed by atoms with Gasteiger partial charge in [0.25, 0.3) is 0 Å². The molecule has 109 valence electrons. The molecule has 0 unspecified atom stereocenters. The summed E-state index contributed by atoms with van der Waals surface area (Å²) in [5.74, 6) is -0.00881.